The van der Waals surface area contributed by atoms with Crippen LogP contribution in [0.25, 0.3) is 0 Å². The highest BCUT2D eigenvalue weighted by Gasteiger charge is 2.31. The van der Waals surface area contributed by atoms with E-state index in [1.807, 2.05) is 28.9 Å². The van der Waals surface area contributed by atoms with Gasteiger partial charge in [-0.05, 0) is 43.5 Å². The monoisotopic (exact) mass is 373 g/mol. The number of methoxy groups -OCH3 is 1. The minimum absolute atomic E-state index is 0.0724. The molecule has 0 aliphatic carbocycles. The van der Waals surface area contributed by atoms with Crippen LogP contribution in [0, 0.1) is 5.92 Å². The molecule has 2 amide bonds. The number of carbonyl (C=O) groups is 2. The molecule has 2 aliphatic heterocycles. The smallest absolute Gasteiger partial charge is 0.225 e. The molecule has 0 saturated carbocycles. The summed E-state index contributed by atoms with van der Waals surface area (Å²) in [6.07, 6.45) is 3.10. The van der Waals surface area contributed by atoms with E-state index in [-0.39, 0.29) is 17.7 Å². The van der Waals surface area contributed by atoms with Gasteiger partial charge in [-0.3, -0.25) is 9.59 Å². The molecule has 0 spiro atoms. The Morgan fingerprint density at radius 1 is 0.963 bits per heavy atom. The SMILES string of the molecule is CCCC(=O)N1CCC(C(=O)N2CCN(c3ccc(OC)cc3)CC2)CC1. The predicted molar refractivity (Wildman–Crippen MR) is 106 cm³/mol. The van der Waals surface area contributed by atoms with Crippen LogP contribution in [-0.4, -0.2) is 68.0 Å². The van der Waals surface area contributed by atoms with Gasteiger partial charge in [0.05, 0.1) is 7.11 Å². The Hall–Kier alpha value is -2.24. The fraction of sp³-hybridized carbons (Fsp3) is 0.619. The van der Waals surface area contributed by atoms with Crippen LogP contribution in [0.3, 0.4) is 0 Å². The van der Waals surface area contributed by atoms with Crippen LogP contribution in [-0.2, 0) is 9.59 Å². The summed E-state index contributed by atoms with van der Waals surface area (Å²) in [5.41, 5.74) is 1.17. The van der Waals surface area contributed by atoms with Gasteiger partial charge in [0.1, 0.15) is 5.75 Å². The van der Waals surface area contributed by atoms with Crippen molar-refractivity contribution in [1.82, 2.24) is 9.80 Å². The molecule has 1 aromatic rings. The van der Waals surface area contributed by atoms with Gasteiger partial charge < -0.3 is 19.4 Å². The summed E-state index contributed by atoms with van der Waals surface area (Å²) >= 11 is 0. The number of carbonyl (C=O) groups excluding carboxylic acids is 2. The number of amides is 2. The Morgan fingerprint density at radius 2 is 1.59 bits per heavy atom. The van der Waals surface area contributed by atoms with E-state index >= 15 is 0 Å². The van der Waals surface area contributed by atoms with E-state index in [0.29, 0.717) is 6.42 Å². The van der Waals surface area contributed by atoms with Crippen molar-refractivity contribution in [1.29, 1.82) is 0 Å². The summed E-state index contributed by atoms with van der Waals surface area (Å²) < 4.78 is 5.21. The molecule has 1 aromatic carbocycles. The van der Waals surface area contributed by atoms with Crippen molar-refractivity contribution in [2.24, 2.45) is 5.92 Å². The first-order valence-corrected chi connectivity index (χ1v) is 10.1. The normalized spacial score (nSPS) is 18.5. The zero-order valence-electron chi connectivity index (χ0n) is 16.5. The summed E-state index contributed by atoms with van der Waals surface area (Å²) in [4.78, 5) is 31.1. The zero-order valence-corrected chi connectivity index (χ0v) is 16.5. The van der Waals surface area contributed by atoms with Gasteiger partial charge in [-0.2, -0.15) is 0 Å². The third kappa shape index (κ3) is 4.73. The Kier molecular flexibility index (Phi) is 6.58. The number of rotatable bonds is 5. The number of ether oxygens (including phenoxy) is 1. The van der Waals surface area contributed by atoms with Crippen LogP contribution in [0.1, 0.15) is 32.6 Å². The van der Waals surface area contributed by atoms with Crippen LogP contribution in [0.15, 0.2) is 24.3 Å². The number of piperazine rings is 1. The van der Waals surface area contributed by atoms with Crippen molar-refractivity contribution in [2.75, 3.05) is 51.3 Å². The van der Waals surface area contributed by atoms with Crippen LogP contribution >= 0.6 is 0 Å². The highest BCUT2D eigenvalue weighted by molar-refractivity contribution is 5.80. The van der Waals surface area contributed by atoms with Crippen LogP contribution in [0.2, 0.25) is 0 Å². The average molecular weight is 373 g/mol. The highest BCUT2D eigenvalue weighted by atomic mass is 16.5. The molecule has 0 unspecified atom stereocenters. The largest absolute Gasteiger partial charge is 0.497 e. The molecule has 0 bridgehead atoms. The molecule has 2 saturated heterocycles. The van der Waals surface area contributed by atoms with Gasteiger partial charge in [0.15, 0.2) is 0 Å². The molecule has 6 nitrogen and oxygen atoms in total. The maximum absolute atomic E-state index is 12.9. The average Bonchev–Trinajstić information content (AvgIpc) is 2.74. The second kappa shape index (κ2) is 9.11. The standard InChI is InChI=1S/C21H31N3O3/c1-3-4-20(25)23-11-9-17(10-12-23)21(26)24-15-13-22(14-16-24)18-5-7-19(27-2)8-6-18/h5-8,17H,3-4,9-16H2,1-2H3. The number of benzene rings is 1. The fourth-order valence-electron chi connectivity index (χ4n) is 3.98. The van der Waals surface area contributed by atoms with Crippen molar-refractivity contribution in [3.05, 3.63) is 24.3 Å². The van der Waals surface area contributed by atoms with Gasteiger partial charge in [0.25, 0.3) is 0 Å². The lowest BCUT2D eigenvalue weighted by Gasteiger charge is -2.39. The summed E-state index contributed by atoms with van der Waals surface area (Å²) in [5.74, 6) is 1.43. The van der Waals surface area contributed by atoms with E-state index in [4.69, 9.17) is 4.74 Å². The first-order chi connectivity index (χ1) is 13.1. The van der Waals surface area contributed by atoms with Crippen molar-refractivity contribution in [2.45, 2.75) is 32.6 Å². The summed E-state index contributed by atoms with van der Waals surface area (Å²) in [6.45, 7) is 6.71. The number of anilines is 1. The molecule has 6 heteroatoms. The van der Waals surface area contributed by atoms with Gasteiger partial charge in [-0.1, -0.05) is 6.92 Å². The quantitative estimate of drug-likeness (QED) is 0.795. The Morgan fingerprint density at radius 3 is 2.15 bits per heavy atom. The van der Waals surface area contributed by atoms with E-state index in [9.17, 15) is 9.59 Å². The molecule has 0 N–H and O–H groups in total. The number of hydrogen-bond donors (Lipinski definition) is 0. The van der Waals surface area contributed by atoms with E-state index in [1.54, 1.807) is 7.11 Å². The van der Waals surface area contributed by atoms with Crippen molar-refractivity contribution < 1.29 is 14.3 Å². The maximum Gasteiger partial charge on any atom is 0.225 e. The third-order valence-electron chi connectivity index (χ3n) is 5.69. The first-order valence-electron chi connectivity index (χ1n) is 10.1. The molecule has 3 rings (SSSR count). The van der Waals surface area contributed by atoms with Crippen molar-refractivity contribution in [3.8, 4) is 5.75 Å². The number of hydrogen-bond acceptors (Lipinski definition) is 4. The van der Waals surface area contributed by atoms with Crippen LogP contribution < -0.4 is 9.64 Å². The third-order valence-corrected chi connectivity index (χ3v) is 5.69. The molecular formula is C21H31N3O3. The van der Waals surface area contributed by atoms with Gasteiger partial charge in [-0.15, -0.1) is 0 Å². The first kappa shape index (κ1) is 19.5. The Labute approximate surface area is 162 Å². The summed E-state index contributed by atoms with van der Waals surface area (Å²) in [6, 6.07) is 8.08. The predicted octanol–water partition coefficient (Wildman–Crippen LogP) is 2.38. The molecule has 148 valence electrons. The highest BCUT2D eigenvalue weighted by Crippen LogP contribution is 2.24. The minimum Gasteiger partial charge on any atom is -0.497 e. The Balaban J connectivity index is 1.46. The second-order valence-electron chi connectivity index (χ2n) is 7.42. The van der Waals surface area contributed by atoms with Crippen molar-refractivity contribution >= 4 is 17.5 Å². The molecule has 0 aromatic heterocycles. The molecule has 2 heterocycles. The number of likely N-dealkylation sites (tertiary alicyclic amines) is 1. The molecule has 2 aliphatic rings. The number of piperidine rings is 1. The molecule has 0 radical (unpaired) electrons. The fourth-order valence-corrected chi connectivity index (χ4v) is 3.98. The van der Waals surface area contributed by atoms with Crippen molar-refractivity contribution in [3.63, 3.8) is 0 Å². The van der Waals surface area contributed by atoms with Gasteiger partial charge >= 0.3 is 0 Å². The van der Waals surface area contributed by atoms with Gasteiger partial charge in [-0.25, -0.2) is 0 Å². The van der Waals surface area contributed by atoms with E-state index in [2.05, 4.69) is 17.0 Å². The summed E-state index contributed by atoms with van der Waals surface area (Å²) in [7, 11) is 1.67. The minimum atomic E-state index is 0.0724. The number of nitrogens with zero attached hydrogens (tertiary/aromatic N) is 3. The zero-order chi connectivity index (χ0) is 19.2. The molecule has 27 heavy (non-hydrogen) atoms. The van der Waals surface area contributed by atoms with Gasteiger partial charge in [0.2, 0.25) is 11.8 Å². The van der Waals surface area contributed by atoms with E-state index < -0.39 is 0 Å². The summed E-state index contributed by atoms with van der Waals surface area (Å²) in [5, 5.41) is 0. The molecular weight excluding hydrogens is 342 g/mol. The van der Waals surface area contributed by atoms with Crippen LogP contribution in [0.4, 0.5) is 5.69 Å². The molecule has 0 atom stereocenters. The lowest BCUT2D eigenvalue weighted by molar-refractivity contribution is -0.141. The van der Waals surface area contributed by atoms with E-state index in [1.165, 1.54) is 5.69 Å². The van der Waals surface area contributed by atoms with E-state index in [0.717, 1.165) is 64.3 Å². The van der Waals surface area contributed by atoms with Gasteiger partial charge in [0, 0.05) is 57.3 Å². The topological polar surface area (TPSA) is 53.1 Å². The lowest BCUT2D eigenvalue weighted by Crippen LogP contribution is -2.52. The lowest BCUT2D eigenvalue weighted by atomic mass is 9.94. The Bertz CT molecular complexity index is 631. The maximum atomic E-state index is 12.9. The second-order valence-corrected chi connectivity index (χ2v) is 7.42. The van der Waals surface area contributed by atoms with Crippen LogP contribution in [0.5, 0.6) is 5.75 Å². The molecule has 2 fully saturated rings.